The molecule has 7 nitrogen and oxygen atoms in total. The number of aromatic nitrogens is 1. The number of benzene rings is 2. The van der Waals surface area contributed by atoms with Crippen molar-refractivity contribution in [3.05, 3.63) is 77.7 Å². The van der Waals surface area contributed by atoms with Crippen LogP contribution in [0.5, 0.6) is 5.75 Å². The molecule has 166 valence electrons. The first-order chi connectivity index (χ1) is 15.3. The number of carbonyl (C=O) groups is 1. The number of pyridine rings is 1. The summed E-state index contributed by atoms with van der Waals surface area (Å²) in [5, 5.41) is 8.87. The second-order valence-electron chi connectivity index (χ2n) is 7.46. The summed E-state index contributed by atoms with van der Waals surface area (Å²) in [4.78, 5) is 15.0. The average molecular weight is 456 g/mol. The van der Waals surface area contributed by atoms with Crippen LogP contribution in [0.3, 0.4) is 0 Å². The maximum Gasteiger partial charge on any atom is 0.341 e. The van der Waals surface area contributed by atoms with Gasteiger partial charge in [-0.15, -0.1) is 0 Å². The fourth-order valence-electron chi connectivity index (χ4n) is 3.83. The lowest BCUT2D eigenvalue weighted by Gasteiger charge is -2.27. The van der Waals surface area contributed by atoms with Gasteiger partial charge >= 0.3 is 5.97 Å². The van der Waals surface area contributed by atoms with E-state index in [-0.39, 0.29) is 4.90 Å². The molecule has 1 atom stereocenters. The molecule has 0 spiro atoms. The topological polar surface area (TPSA) is 106 Å². The molecule has 3 aromatic rings. The van der Waals surface area contributed by atoms with Crippen LogP contribution in [0.1, 0.15) is 30.0 Å². The molecule has 4 rings (SSSR count). The first-order valence-electron chi connectivity index (χ1n) is 10.0. The number of aliphatic carboxylic acids is 1. The van der Waals surface area contributed by atoms with Gasteiger partial charge in [0.15, 0.2) is 6.61 Å². The number of carboxylic acids is 1. The normalized spacial score (nSPS) is 15.7. The Morgan fingerprint density at radius 3 is 2.72 bits per heavy atom. The molecular formula is C23H21FN2O5S. The molecule has 1 heterocycles. The number of halogens is 1. The van der Waals surface area contributed by atoms with Crippen LogP contribution in [0.4, 0.5) is 4.39 Å². The molecule has 2 N–H and O–H groups in total. The molecule has 32 heavy (non-hydrogen) atoms. The second kappa shape index (κ2) is 9.05. The predicted octanol–water partition coefficient (Wildman–Crippen LogP) is 3.71. The minimum atomic E-state index is -3.87. The number of nitrogens with one attached hydrogen (secondary N) is 1. The number of ether oxygens (including phenoxy) is 1. The third-order valence-electron chi connectivity index (χ3n) is 5.28. The van der Waals surface area contributed by atoms with Crippen LogP contribution in [-0.4, -0.2) is 31.1 Å². The van der Waals surface area contributed by atoms with Gasteiger partial charge in [-0.05, 0) is 60.7 Å². The molecule has 0 saturated heterocycles. The summed E-state index contributed by atoms with van der Waals surface area (Å²) in [5.74, 6) is -1.02. The van der Waals surface area contributed by atoms with Crippen molar-refractivity contribution >= 4 is 16.0 Å². The maximum absolute atomic E-state index is 13.4. The Balaban J connectivity index is 1.56. The molecule has 0 amide bonds. The number of hydrogen-bond acceptors (Lipinski definition) is 5. The van der Waals surface area contributed by atoms with Crippen LogP contribution < -0.4 is 9.46 Å². The first-order valence-corrected chi connectivity index (χ1v) is 11.5. The lowest BCUT2D eigenvalue weighted by Crippen LogP contribution is -2.31. The van der Waals surface area contributed by atoms with Crippen LogP contribution in [-0.2, 0) is 21.2 Å². The molecule has 1 aliphatic rings. The van der Waals surface area contributed by atoms with Crippen molar-refractivity contribution in [2.24, 2.45) is 0 Å². The van der Waals surface area contributed by atoms with Crippen molar-refractivity contribution in [2.75, 3.05) is 6.61 Å². The van der Waals surface area contributed by atoms with E-state index < -0.39 is 34.5 Å². The molecule has 1 aliphatic carbocycles. The highest BCUT2D eigenvalue weighted by Crippen LogP contribution is 2.36. The predicted molar refractivity (Wildman–Crippen MR) is 115 cm³/mol. The van der Waals surface area contributed by atoms with Crippen LogP contribution in [0, 0.1) is 5.82 Å². The first kappa shape index (κ1) is 21.9. The standard InChI is InChI=1S/C23H21FN2O5S/c24-16-5-1-4-15(12-16)20-11-10-17(13-25-20)32(29,30)26-21-8-2-7-19-18(21)6-3-9-22(19)31-14-23(27)28/h1,3-6,9-13,21,26H,2,7-8,14H2,(H,27,28). The second-order valence-corrected chi connectivity index (χ2v) is 9.18. The number of sulfonamides is 1. The highest BCUT2D eigenvalue weighted by atomic mass is 32.2. The molecular weight excluding hydrogens is 435 g/mol. The third kappa shape index (κ3) is 4.79. The summed E-state index contributed by atoms with van der Waals surface area (Å²) in [6.45, 7) is -0.462. The largest absolute Gasteiger partial charge is 0.482 e. The average Bonchev–Trinajstić information content (AvgIpc) is 2.78. The molecule has 0 saturated carbocycles. The molecule has 0 aliphatic heterocycles. The van der Waals surface area contributed by atoms with Gasteiger partial charge in [-0.1, -0.05) is 24.3 Å². The van der Waals surface area contributed by atoms with Crippen molar-refractivity contribution < 1.29 is 27.4 Å². The number of fused-ring (bicyclic) bond motifs is 1. The van der Waals surface area contributed by atoms with Gasteiger partial charge in [0.2, 0.25) is 10.0 Å². The zero-order valence-corrected chi connectivity index (χ0v) is 17.8. The Hall–Kier alpha value is -3.30. The Bertz CT molecular complexity index is 1250. The van der Waals surface area contributed by atoms with Crippen LogP contribution >= 0.6 is 0 Å². The van der Waals surface area contributed by atoms with Crippen molar-refractivity contribution in [1.29, 1.82) is 0 Å². The van der Waals surface area contributed by atoms with E-state index in [2.05, 4.69) is 9.71 Å². The zero-order chi connectivity index (χ0) is 22.7. The summed E-state index contributed by atoms with van der Waals surface area (Å²) in [5.41, 5.74) is 2.60. The number of nitrogens with zero attached hydrogens (tertiary/aromatic N) is 1. The van der Waals surface area contributed by atoms with E-state index in [1.807, 2.05) is 6.07 Å². The van der Waals surface area contributed by atoms with Gasteiger partial charge in [0.05, 0.1) is 5.69 Å². The van der Waals surface area contributed by atoms with Gasteiger partial charge < -0.3 is 9.84 Å². The molecule has 1 unspecified atom stereocenters. The lowest BCUT2D eigenvalue weighted by molar-refractivity contribution is -0.139. The summed E-state index contributed by atoms with van der Waals surface area (Å²) < 4.78 is 47.5. The minimum Gasteiger partial charge on any atom is -0.482 e. The maximum atomic E-state index is 13.4. The molecule has 9 heteroatoms. The van der Waals surface area contributed by atoms with Gasteiger partial charge in [0.1, 0.15) is 16.5 Å². The lowest BCUT2D eigenvalue weighted by atomic mass is 9.87. The van der Waals surface area contributed by atoms with E-state index in [9.17, 15) is 17.6 Å². The Labute approximate surface area is 184 Å². The molecule has 1 aromatic heterocycles. The highest BCUT2D eigenvalue weighted by molar-refractivity contribution is 7.89. The minimum absolute atomic E-state index is 0.00283. The summed E-state index contributed by atoms with van der Waals surface area (Å²) >= 11 is 0. The molecule has 2 aromatic carbocycles. The number of carboxylic acid groups (broad SMARTS) is 1. The van der Waals surface area contributed by atoms with Gasteiger partial charge in [-0.2, -0.15) is 0 Å². The van der Waals surface area contributed by atoms with Crippen LogP contribution in [0.25, 0.3) is 11.3 Å². The SMILES string of the molecule is O=C(O)COc1cccc2c1CCCC2NS(=O)(=O)c1ccc(-c2cccc(F)c2)nc1. The fraction of sp³-hybridized carbons (Fsp3) is 0.217. The Morgan fingerprint density at radius 2 is 2.00 bits per heavy atom. The quantitative estimate of drug-likeness (QED) is 0.562. The van der Waals surface area contributed by atoms with Crippen LogP contribution in [0.2, 0.25) is 0 Å². The van der Waals surface area contributed by atoms with Gasteiger partial charge in [0, 0.05) is 17.8 Å². The van der Waals surface area contributed by atoms with Crippen molar-refractivity contribution in [2.45, 2.75) is 30.2 Å². The number of rotatable bonds is 7. The van der Waals surface area contributed by atoms with E-state index in [4.69, 9.17) is 9.84 Å². The van der Waals surface area contributed by atoms with E-state index >= 15 is 0 Å². The third-order valence-corrected chi connectivity index (χ3v) is 6.74. The highest BCUT2D eigenvalue weighted by Gasteiger charge is 2.28. The van der Waals surface area contributed by atoms with E-state index in [0.29, 0.717) is 29.8 Å². The molecule has 0 fully saturated rings. The van der Waals surface area contributed by atoms with Gasteiger partial charge in [-0.3, -0.25) is 4.98 Å². The molecule has 0 bridgehead atoms. The number of hydrogen-bond donors (Lipinski definition) is 2. The summed E-state index contributed by atoms with van der Waals surface area (Å²) in [6.07, 6.45) is 3.25. The Morgan fingerprint density at radius 1 is 1.19 bits per heavy atom. The smallest absolute Gasteiger partial charge is 0.341 e. The van der Waals surface area contributed by atoms with E-state index in [1.54, 1.807) is 24.3 Å². The zero-order valence-electron chi connectivity index (χ0n) is 17.0. The summed E-state index contributed by atoms with van der Waals surface area (Å²) in [6, 6.07) is 13.6. The van der Waals surface area contributed by atoms with Gasteiger partial charge in [-0.25, -0.2) is 22.3 Å². The monoisotopic (exact) mass is 456 g/mol. The fourth-order valence-corrected chi connectivity index (χ4v) is 5.02. The van der Waals surface area contributed by atoms with Crippen molar-refractivity contribution in [3.63, 3.8) is 0 Å². The Kier molecular flexibility index (Phi) is 6.20. The van der Waals surface area contributed by atoms with E-state index in [1.165, 1.54) is 30.5 Å². The van der Waals surface area contributed by atoms with E-state index in [0.717, 1.165) is 17.5 Å². The molecule has 0 radical (unpaired) electrons. The van der Waals surface area contributed by atoms with Gasteiger partial charge in [0.25, 0.3) is 0 Å². The van der Waals surface area contributed by atoms with Crippen molar-refractivity contribution in [3.8, 4) is 17.0 Å². The van der Waals surface area contributed by atoms with Crippen LogP contribution in [0.15, 0.2) is 65.7 Å². The summed E-state index contributed by atoms with van der Waals surface area (Å²) in [7, 11) is -3.87. The van der Waals surface area contributed by atoms with Crippen molar-refractivity contribution in [1.82, 2.24) is 9.71 Å².